The van der Waals surface area contributed by atoms with Crippen LogP contribution in [0.1, 0.15) is 22.3 Å². The van der Waals surface area contributed by atoms with Crippen LogP contribution >= 0.6 is 0 Å². The van der Waals surface area contributed by atoms with Crippen LogP contribution in [0.5, 0.6) is 0 Å². The van der Waals surface area contributed by atoms with Crippen molar-refractivity contribution in [2.24, 2.45) is 0 Å². The molecule has 0 aliphatic heterocycles. The molecule has 0 amide bonds. The minimum Gasteiger partial charge on any atom is -0.0622 e. The first-order valence-corrected chi connectivity index (χ1v) is 12.0. The largest absolute Gasteiger partial charge is 0.0622 e. The molecule has 0 radical (unpaired) electrons. The average molecular weight is 455 g/mol. The Bertz CT molecular complexity index is 1680. The predicted molar refractivity (Wildman–Crippen MR) is 152 cm³/mol. The molecule has 166 valence electrons. The highest BCUT2D eigenvalue weighted by Crippen LogP contribution is 2.35. The molecule has 0 aliphatic rings. The highest BCUT2D eigenvalue weighted by molar-refractivity contribution is 6.06. The third-order valence-corrected chi connectivity index (χ3v) is 6.26. The molecule has 0 nitrogen and oxygen atoms in total. The van der Waals surface area contributed by atoms with E-state index in [4.69, 9.17) is 0 Å². The molecule has 0 bridgehead atoms. The van der Waals surface area contributed by atoms with Crippen LogP contribution in [0.15, 0.2) is 133 Å². The summed E-state index contributed by atoms with van der Waals surface area (Å²) in [6.45, 7) is 0. The van der Waals surface area contributed by atoms with Crippen LogP contribution in [0.25, 0.3) is 32.7 Å². The van der Waals surface area contributed by atoms with E-state index in [0.29, 0.717) is 0 Å². The summed E-state index contributed by atoms with van der Waals surface area (Å²) in [5.41, 5.74) is 6.36. The SMILES string of the molecule is C(#Cc1cc(-c2cc(C#Cc3ccccc3)cc3ccccc23)c2ccccc2c1)c1ccccc1. The first kappa shape index (κ1) is 21.5. The Morgan fingerprint density at radius 2 is 0.667 bits per heavy atom. The van der Waals surface area contributed by atoms with Gasteiger partial charge in [0, 0.05) is 22.3 Å². The van der Waals surface area contributed by atoms with Crippen molar-refractivity contribution in [1.29, 1.82) is 0 Å². The van der Waals surface area contributed by atoms with Crippen molar-refractivity contribution in [3.8, 4) is 34.8 Å². The topological polar surface area (TPSA) is 0 Å². The van der Waals surface area contributed by atoms with E-state index in [1.165, 1.54) is 32.7 Å². The van der Waals surface area contributed by atoms with Gasteiger partial charge in [-0.15, -0.1) is 0 Å². The Hall–Kier alpha value is -5.04. The maximum Gasteiger partial charge on any atom is 0.0261 e. The Morgan fingerprint density at radius 1 is 0.306 bits per heavy atom. The molecule has 0 unspecified atom stereocenters. The maximum atomic E-state index is 3.39. The van der Waals surface area contributed by atoms with E-state index in [-0.39, 0.29) is 0 Å². The van der Waals surface area contributed by atoms with E-state index in [2.05, 4.69) is 96.5 Å². The van der Waals surface area contributed by atoms with Gasteiger partial charge < -0.3 is 0 Å². The number of fused-ring (bicyclic) bond motifs is 2. The van der Waals surface area contributed by atoms with E-state index < -0.39 is 0 Å². The fourth-order valence-electron chi connectivity index (χ4n) is 4.54. The summed E-state index contributed by atoms with van der Waals surface area (Å²) in [4.78, 5) is 0. The molecule has 0 fully saturated rings. The Balaban J connectivity index is 1.56. The zero-order chi connectivity index (χ0) is 24.2. The molecule has 0 saturated heterocycles. The second-order valence-corrected chi connectivity index (χ2v) is 8.72. The third kappa shape index (κ3) is 4.50. The lowest BCUT2D eigenvalue weighted by molar-refractivity contribution is 1.62. The van der Waals surface area contributed by atoms with Gasteiger partial charge in [0.25, 0.3) is 0 Å². The summed E-state index contributed by atoms with van der Waals surface area (Å²) in [7, 11) is 0. The summed E-state index contributed by atoms with van der Waals surface area (Å²) in [6, 6.07) is 46.1. The molecule has 0 aromatic heterocycles. The van der Waals surface area contributed by atoms with Crippen molar-refractivity contribution in [1.82, 2.24) is 0 Å². The third-order valence-electron chi connectivity index (χ3n) is 6.26. The molecule has 0 heterocycles. The number of hydrogen-bond acceptors (Lipinski definition) is 0. The van der Waals surface area contributed by atoms with Crippen molar-refractivity contribution in [3.05, 3.63) is 156 Å². The lowest BCUT2D eigenvalue weighted by Crippen LogP contribution is -1.89. The molecule has 6 rings (SSSR count). The van der Waals surface area contributed by atoms with Crippen LogP contribution in [0, 0.1) is 23.7 Å². The molecule has 0 aliphatic carbocycles. The van der Waals surface area contributed by atoms with E-state index in [0.717, 1.165) is 22.3 Å². The minimum atomic E-state index is 0.998. The van der Waals surface area contributed by atoms with E-state index in [1.807, 2.05) is 60.7 Å². The van der Waals surface area contributed by atoms with Crippen LogP contribution in [0.4, 0.5) is 0 Å². The van der Waals surface area contributed by atoms with Gasteiger partial charge in [0.2, 0.25) is 0 Å². The first-order chi connectivity index (χ1) is 17.8. The molecular formula is C36H22. The van der Waals surface area contributed by atoms with Crippen molar-refractivity contribution >= 4 is 21.5 Å². The standard InChI is InChI=1S/C36H22/c1-3-11-27(12-4-1)19-21-29-23-31-15-7-9-17-33(31)35(25-29)36-26-30(22-20-28-13-5-2-6-14-28)24-32-16-8-10-18-34(32)36/h1-18,23-26H. The monoisotopic (exact) mass is 454 g/mol. The molecule has 0 N–H and O–H groups in total. The highest BCUT2D eigenvalue weighted by Gasteiger charge is 2.11. The molecule has 6 aromatic carbocycles. The smallest absolute Gasteiger partial charge is 0.0261 e. The molecule has 6 aromatic rings. The molecular weight excluding hydrogens is 432 g/mol. The average Bonchev–Trinajstić information content (AvgIpc) is 2.95. The summed E-state index contributed by atoms with van der Waals surface area (Å²) in [6.07, 6.45) is 0. The molecule has 0 saturated carbocycles. The lowest BCUT2D eigenvalue weighted by Gasteiger charge is -2.12. The van der Waals surface area contributed by atoms with E-state index in [9.17, 15) is 0 Å². The van der Waals surface area contributed by atoms with Crippen molar-refractivity contribution in [2.75, 3.05) is 0 Å². The molecule has 0 heteroatoms. The van der Waals surface area contributed by atoms with Crippen LogP contribution in [0.2, 0.25) is 0 Å². The van der Waals surface area contributed by atoms with Gasteiger partial charge in [-0.2, -0.15) is 0 Å². The van der Waals surface area contributed by atoms with Crippen molar-refractivity contribution < 1.29 is 0 Å². The maximum absolute atomic E-state index is 3.39. The van der Waals surface area contributed by atoms with Gasteiger partial charge in [-0.25, -0.2) is 0 Å². The number of benzene rings is 6. The quantitative estimate of drug-likeness (QED) is 0.219. The van der Waals surface area contributed by atoms with Crippen LogP contribution in [-0.4, -0.2) is 0 Å². The van der Waals surface area contributed by atoms with Crippen LogP contribution in [-0.2, 0) is 0 Å². The van der Waals surface area contributed by atoms with Gasteiger partial charge in [-0.3, -0.25) is 0 Å². The molecule has 36 heavy (non-hydrogen) atoms. The minimum absolute atomic E-state index is 0.998. The fourth-order valence-corrected chi connectivity index (χ4v) is 4.54. The predicted octanol–water partition coefficient (Wildman–Crippen LogP) is 8.46. The van der Waals surface area contributed by atoms with Gasteiger partial charge in [-0.05, 0) is 81.2 Å². The second-order valence-electron chi connectivity index (χ2n) is 8.72. The van der Waals surface area contributed by atoms with Gasteiger partial charge >= 0.3 is 0 Å². The van der Waals surface area contributed by atoms with Gasteiger partial charge in [0.05, 0.1) is 0 Å². The highest BCUT2D eigenvalue weighted by atomic mass is 14.1. The van der Waals surface area contributed by atoms with Crippen LogP contribution in [0.3, 0.4) is 0 Å². The van der Waals surface area contributed by atoms with E-state index >= 15 is 0 Å². The number of rotatable bonds is 1. The second kappa shape index (κ2) is 9.68. The van der Waals surface area contributed by atoms with Crippen molar-refractivity contribution in [2.45, 2.75) is 0 Å². The van der Waals surface area contributed by atoms with Crippen LogP contribution < -0.4 is 0 Å². The summed E-state index contributed by atoms with van der Waals surface area (Å²) < 4.78 is 0. The zero-order valence-electron chi connectivity index (χ0n) is 19.7. The first-order valence-electron chi connectivity index (χ1n) is 12.0. The summed E-state index contributed by atoms with van der Waals surface area (Å²) in [5.74, 6) is 13.4. The molecule has 0 spiro atoms. The van der Waals surface area contributed by atoms with Gasteiger partial charge in [-0.1, -0.05) is 109 Å². The summed E-state index contributed by atoms with van der Waals surface area (Å²) >= 11 is 0. The Morgan fingerprint density at radius 3 is 1.11 bits per heavy atom. The van der Waals surface area contributed by atoms with Gasteiger partial charge in [0.15, 0.2) is 0 Å². The zero-order valence-corrected chi connectivity index (χ0v) is 19.7. The molecule has 0 atom stereocenters. The Labute approximate surface area is 211 Å². The summed E-state index contributed by atoms with van der Waals surface area (Å²) in [5, 5.41) is 4.77. The lowest BCUT2D eigenvalue weighted by atomic mass is 9.91. The van der Waals surface area contributed by atoms with Crippen molar-refractivity contribution in [3.63, 3.8) is 0 Å². The van der Waals surface area contributed by atoms with E-state index in [1.54, 1.807) is 0 Å². The fraction of sp³-hybridized carbons (Fsp3) is 0. The Kier molecular flexibility index (Phi) is 5.78. The number of hydrogen-bond donors (Lipinski definition) is 0. The normalized spacial score (nSPS) is 10.3. The van der Waals surface area contributed by atoms with Gasteiger partial charge in [0.1, 0.15) is 0 Å².